The summed E-state index contributed by atoms with van der Waals surface area (Å²) in [6, 6.07) is 13.1. The molecule has 2 saturated heterocycles. The molecule has 5 rings (SSSR count). The topological polar surface area (TPSA) is 140 Å². The van der Waals surface area contributed by atoms with Crippen LogP contribution in [0.4, 0.5) is 4.79 Å². The number of alkyl carbamates (subject to hydrolysis) is 1. The van der Waals surface area contributed by atoms with Crippen LogP contribution in [0, 0.1) is 11.8 Å². The molecule has 2 fully saturated rings. The maximum Gasteiger partial charge on any atom is 0.407 e. The van der Waals surface area contributed by atoms with Crippen LogP contribution in [-0.2, 0) is 30.7 Å². The summed E-state index contributed by atoms with van der Waals surface area (Å²) in [5.74, 6) is -0.00320. The Morgan fingerprint density at radius 3 is 2.78 bits per heavy atom. The molecule has 1 amide bonds. The van der Waals surface area contributed by atoms with Gasteiger partial charge in [-0.05, 0) is 36.5 Å². The predicted octanol–water partition coefficient (Wildman–Crippen LogP) is 3.32. The maximum absolute atomic E-state index is 13.8. The van der Waals surface area contributed by atoms with Gasteiger partial charge in [-0.2, -0.15) is 4.31 Å². The van der Waals surface area contributed by atoms with Crippen LogP contribution in [0.15, 0.2) is 64.2 Å². The van der Waals surface area contributed by atoms with Gasteiger partial charge in [-0.25, -0.2) is 18.2 Å². The third-order valence-electron chi connectivity index (χ3n) is 7.85. The summed E-state index contributed by atoms with van der Waals surface area (Å²) in [6.45, 7) is 4.69. The summed E-state index contributed by atoms with van der Waals surface area (Å²) in [6.07, 6.45) is 0.264. The number of fused-ring (bicyclic) bond motifs is 2. The number of aliphatic hydroxyl groups is 1. The molecule has 0 radical (unpaired) electrons. The Balaban J connectivity index is 1.35. The van der Waals surface area contributed by atoms with Crippen LogP contribution in [0.1, 0.15) is 32.3 Å². The minimum absolute atomic E-state index is 0.0282. The fourth-order valence-electron chi connectivity index (χ4n) is 5.25. The summed E-state index contributed by atoms with van der Waals surface area (Å²) >= 11 is 0. The van der Waals surface area contributed by atoms with E-state index in [4.69, 9.17) is 18.6 Å². The Morgan fingerprint density at radius 2 is 2.00 bits per heavy atom. The molecule has 0 aliphatic carbocycles. The smallest absolute Gasteiger partial charge is 0.407 e. The number of hydrogen-bond donors (Lipinski definition) is 2. The Kier molecular flexibility index (Phi) is 9.25. The lowest BCUT2D eigenvalue weighted by atomic mass is 10.0. The van der Waals surface area contributed by atoms with Gasteiger partial charge in [0.05, 0.1) is 36.2 Å². The van der Waals surface area contributed by atoms with Crippen LogP contribution in [0.25, 0.3) is 11.1 Å². The summed E-state index contributed by atoms with van der Waals surface area (Å²) in [5, 5.41) is 14.3. The van der Waals surface area contributed by atoms with E-state index in [1.807, 2.05) is 44.2 Å². The molecule has 2 aliphatic heterocycles. The van der Waals surface area contributed by atoms with E-state index in [-0.39, 0.29) is 49.1 Å². The van der Waals surface area contributed by atoms with Crippen molar-refractivity contribution in [2.45, 2.75) is 62.5 Å². The highest BCUT2D eigenvalue weighted by Crippen LogP contribution is 2.33. The molecular formula is C29H37N3O8S. The second kappa shape index (κ2) is 12.9. The van der Waals surface area contributed by atoms with Crippen molar-refractivity contribution >= 4 is 27.2 Å². The molecule has 11 nitrogen and oxygen atoms in total. The molecule has 3 aromatic rings. The largest absolute Gasteiger partial charge is 0.443 e. The summed E-state index contributed by atoms with van der Waals surface area (Å²) in [7, 11) is -4.02. The highest BCUT2D eigenvalue weighted by atomic mass is 32.2. The first-order chi connectivity index (χ1) is 19.7. The number of aromatic nitrogens is 1. The number of sulfonamides is 1. The average molecular weight is 588 g/mol. The number of aliphatic hydroxyl groups excluding tert-OH is 1. The molecular weight excluding hydrogens is 550 g/mol. The molecule has 3 heterocycles. The Labute approximate surface area is 239 Å². The van der Waals surface area contributed by atoms with E-state index in [0.717, 1.165) is 18.4 Å². The van der Waals surface area contributed by atoms with Gasteiger partial charge in [0.1, 0.15) is 11.6 Å². The zero-order valence-electron chi connectivity index (χ0n) is 23.2. The number of benzene rings is 2. The van der Waals surface area contributed by atoms with E-state index in [2.05, 4.69) is 10.3 Å². The maximum atomic E-state index is 13.8. The molecule has 0 spiro atoms. The lowest BCUT2D eigenvalue weighted by molar-refractivity contribution is -0.0907. The van der Waals surface area contributed by atoms with Crippen LogP contribution in [0.3, 0.4) is 0 Å². The first-order valence-corrected chi connectivity index (χ1v) is 15.4. The molecule has 1 aromatic heterocycles. The molecule has 12 heteroatoms. The predicted molar refractivity (Wildman–Crippen MR) is 149 cm³/mol. The minimum Gasteiger partial charge on any atom is -0.443 e. The monoisotopic (exact) mass is 587 g/mol. The third kappa shape index (κ3) is 6.90. The van der Waals surface area contributed by atoms with E-state index in [0.29, 0.717) is 17.7 Å². The van der Waals surface area contributed by atoms with Gasteiger partial charge in [0.25, 0.3) is 0 Å². The number of hydrogen-bond acceptors (Lipinski definition) is 9. The second-order valence-corrected chi connectivity index (χ2v) is 12.7. The lowest BCUT2D eigenvalue weighted by Crippen LogP contribution is -2.51. The molecule has 0 unspecified atom stereocenters. The summed E-state index contributed by atoms with van der Waals surface area (Å²) < 4.78 is 51.1. The fraction of sp³-hybridized carbons (Fsp3) is 0.517. The average Bonchev–Trinajstić information content (AvgIpc) is 3.71. The van der Waals surface area contributed by atoms with E-state index in [1.165, 1.54) is 22.8 Å². The molecule has 2 aliphatic rings. The quantitative estimate of drug-likeness (QED) is 0.327. The van der Waals surface area contributed by atoms with Crippen molar-refractivity contribution in [2.75, 3.05) is 26.3 Å². The zero-order valence-corrected chi connectivity index (χ0v) is 24.0. The van der Waals surface area contributed by atoms with Crippen LogP contribution >= 0.6 is 0 Å². The highest BCUT2D eigenvalue weighted by Gasteiger charge is 2.44. The number of ether oxygens (including phenoxy) is 3. The van der Waals surface area contributed by atoms with E-state index >= 15 is 0 Å². The van der Waals surface area contributed by atoms with Gasteiger partial charge >= 0.3 is 6.09 Å². The molecule has 41 heavy (non-hydrogen) atoms. The van der Waals surface area contributed by atoms with Gasteiger partial charge in [-0.15, -0.1) is 0 Å². The number of nitrogens with one attached hydrogen (secondary N) is 1. The number of rotatable bonds is 12. The molecule has 6 atom stereocenters. The Morgan fingerprint density at radius 1 is 1.20 bits per heavy atom. The van der Waals surface area contributed by atoms with Crippen LogP contribution < -0.4 is 5.32 Å². The van der Waals surface area contributed by atoms with Crippen molar-refractivity contribution in [3.63, 3.8) is 0 Å². The minimum atomic E-state index is -4.02. The molecule has 2 aromatic carbocycles. The van der Waals surface area contributed by atoms with Gasteiger partial charge < -0.3 is 29.1 Å². The van der Waals surface area contributed by atoms with Crippen molar-refractivity contribution in [3.05, 3.63) is 60.5 Å². The molecule has 0 bridgehead atoms. The first kappa shape index (κ1) is 29.5. The van der Waals surface area contributed by atoms with Gasteiger partial charge in [-0.1, -0.05) is 50.6 Å². The number of amides is 1. The van der Waals surface area contributed by atoms with Crippen molar-refractivity contribution in [1.29, 1.82) is 0 Å². The first-order valence-electron chi connectivity index (χ1n) is 14.0. The van der Waals surface area contributed by atoms with Crippen LogP contribution in [-0.4, -0.2) is 79.7 Å². The standard InChI is InChI=1S/C29H37N3O8S/c1-3-19(2)15-32(41(35,36)21-9-10-23-26(14-21)39-18-30-23)16-25(33)24(13-20-7-5-4-6-8-20)31-29(34)40-27-17-38-28-22(27)11-12-37-28/h4-10,14,18-19,22,24-25,27-28,33H,3,11-13,15-17H2,1-2H3,(H,31,34)/t19-,22-,24-,25+,27-,28+/m0/s1. The van der Waals surface area contributed by atoms with Crippen molar-refractivity contribution in [3.8, 4) is 0 Å². The van der Waals surface area contributed by atoms with E-state index in [9.17, 15) is 18.3 Å². The van der Waals surface area contributed by atoms with Crippen molar-refractivity contribution in [2.24, 2.45) is 11.8 Å². The van der Waals surface area contributed by atoms with Gasteiger partial charge in [0.15, 0.2) is 18.3 Å². The lowest BCUT2D eigenvalue weighted by Gasteiger charge is -2.31. The number of nitrogens with zero attached hydrogens (tertiary/aromatic N) is 2. The Hall–Kier alpha value is -3.03. The zero-order chi connectivity index (χ0) is 29.0. The van der Waals surface area contributed by atoms with Crippen molar-refractivity contribution < 1.29 is 36.9 Å². The van der Waals surface area contributed by atoms with Crippen LogP contribution in [0.2, 0.25) is 0 Å². The molecule has 2 N–H and O–H groups in total. The fourth-order valence-corrected chi connectivity index (χ4v) is 6.84. The van der Waals surface area contributed by atoms with Gasteiger partial charge in [-0.3, -0.25) is 0 Å². The Bertz CT molecular complexity index is 1420. The number of oxazole rings is 1. The number of carbonyl (C=O) groups is 1. The van der Waals surface area contributed by atoms with Gasteiger partial charge in [0.2, 0.25) is 10.0 Å². The van der Waals surface area contributed by atoms with Crippen LogP contribution in [0.5, 0.6) is 0 Å². The normalized spacial score (nSPS) is 22.9. The molecule has 0 saturated carbocycles. The van der Waals surface area contributed by atoms with E-state index in [1.54, 1.807) is 6.07 Å². The number of carbonyl (C=O) groups excluding carboxylic acids is 1. The summed E-state index contributed by atoms with van der Waals surface area (Å²) in [5.41, 5.74) is 1.77. The molecule has 222 valence electrons. The summed E-state index contributed by atoms with van der Waals surface area (Å²) in [4.78, 5) is 17.1. The highest BCUT2D eigenvalue weighted by molar-refractivity contribution is 7.89. The SMILES string of the molecule is CC[C@H](C)CN(C[C@@H](O)[C@H](Cc1ccccc1)NC(=O)O[C@H]1CO[C@H]2OCC[C@H]21)S(=O)(=O)c1ccc2ncoc2c1. The van der Waals surface area contributed by atoms with Gasteiger partial charge in [0, 0.05) is 19.2 Å². The van der Waals surface area contributed by atoms with Crippen molar-refractivity contribution in [1.82, 2.24) is 14.6 Å². The second-order valence-electron chi connectivity index (χ2n) is 10.8. The third-order valence-corrected chi connectivity index (χ3v) is 9.68. The van der Waals surface area contributed by atoms with E-state index < -0.39 is 34.4 Å².